The van der Waals surface area contributed by atoms with Crippen LogP contribution in [0.15, 0.2) is 60.8 Å². The second-order valence-electron chi connectivity index (χ2n) is 8.66. The lowest BCUT2D eigenvalue weighted by molar-refractivity contribution is 0.0883. The van der Waals surface area contributed by atoms with Crippen LogP contribution in [-0.2, 0) is 6.54 Å². The maximum absolute atomic E-state index is 14.9. The normalized spacial score (nSPS) is 17.7. The molecule has 1 fully saturated rings. The number of anilines is 2. The molecule has 2 aromatic heterocycles. The first-order valence-corrected chi connectivity index (χ1v) is 11.6. The SMILES string of the molecule is N#Cc1cnn2c(NCc3ccc(-c4ccccc4)cc3F)cc(NC[C@H]3CCNC[C@@H]3O)nc12. The summed E-state index contributed by atoms with van der Waals surface area (Å²) in [5, 5.41) is 33.7. The first kappa shape index (κ1) is 22.8. The molecule has 0 bridgehead atoms. The summed E-state index contributed by atoms with van der Waals surface area (Å²) in [5.41, 5.74) is 3.03. The third kappa shape index (κ3) is 4.94. The van der Waals surface area contributed by atoms with E-state index >= 15 is 0 Å². The average molecular weight is 472 g/mol. The molecule has 178 valence electrons. The number of hydrogen-bond donors (Lipinski definition) is 4. The molecule has 1 aliphatic heterocycles. The highest BCUT2D eigenvalue weighted by Gasteiger charge is 2.23. The minimum atomic E-state index is -0.427. The summed E-state index contributed by atoms with van der Waals surface area (Å²) >= 11 is 0. The Morgan fingerprint density at radius 2 is 2.00 bits per heavy atom. The fourth-order valence-electron chi connectivity index (χ4n) is 4.32. The maximum Gasteiger partial charge on any atom is 0.177 e. The molecule has 0 aliphatic carbocycles. The van der Waals surface area contributed by atoms with Gasteiger partial charge in [0.05, 0.1) is 12.3 Å². The van der Waals surface area contributed by atoms with Gasteiger partial charge in [0.1, 0.15) is 29.1 Å². The lowest BCUT2D eigenvalue weighted by Gasteiger charge is -2.28. The van der Waals surface area contributed by atoms with Crippen LogP contribution in [0, 0.1) is 23.1 Å². The van der Waals surface area contributed by atoms with Gasteiger partial charge in [-0.05, 0) is 30.2 Å². The van der Waals surface area contributed by atoms with Gasteiger partial charge in [0.2, 0.25) is 0 Å². The minimum Gasteiger partial charge on any atom is -0.391 e. The molecule has 0 saturated carbocycles. The van der Waals surface area contributed by atoms with E-state index in [1.807, 2.05) is 36.4 Å². The molecule has 0 unspecified atom stereocenters. The van der Waals surface area contributed by atoms with Crippen LogP contribution in [0.5, 0.6) is 0 Å². The Morgan fingerprint density at radius 1 is 1.14 bits per heavy atom. The van der Waals surface area contributed by atoms with Crippen molar-refractivity contribution in [2.75, 3.05) is 30.3 Å². The van der Waals surface area contributed by atoms with Gasteiger partial charge in [0, 0.05) is 37.2 Å². The predicted molar refractivity (Wildman–Crippen MR) is 132 cm³/mol. The first-order chi connectivity index (χ1) is 17.1. The van der Waals surface area contributed by atoms with Crippen molar-refractivity contribution in [2.24, 2.45) is 5.92 Å². The molecule has 0 spiro atoms. The lowest BCUT2D eigenvalue weighted by Crippen LogP contribution is -2.43. The van der Waals surface area contributed by atoms with Crippen LogP contribution in [0.4, 0.5) is 16.0 Å². The maximum atomic E-state index is 14.9. The average Bonchev–Trinajstić information content (AvgIpc) is 3.31. The van der Waals surface area contributed by atoms with E-state index in [1.165, 1.54) is 12.3 Å². The number of fused-ring (bicyclic) bond motifs is 1. The molecule has 3 heterocycles. The van der Waals surface area contributed by atoms with Crippen LogP contribution in [0.25, 0.3) is 16.8 Å². The van der Waals surface area contributed by atoms with E-state index in [4.69, 9.17) is 0 Å². The van der Waals surface area contributed by atoms with Gasteiger partial charge in [-0.2, -0.15) is 14.9 Å². The summed E-state index contributed by atoms with van der Waals surface area (Å²) in [6, 6.07) is 18.8. The van der Waals surface area contributed by atoms with Gasteiger partial charge >= 0.3 is 0 Å². The number of β-amino-alcohol motifs (C(OH)–C–C–N with tert-alkyl or cyclic N) is 1. The Labute approximate surface area is 202 Å². The molecule has 35 heavy (non-hydrogen) atoms. The summed E-state index contributed by atoms with van der Waals surface area (Å²) in [6.45, 7) is 2.21. The van der Waals surface area contributed by atoms with Crippen LogP contribution in [0.2, 0.25) is 0 Å². The predicted octanol–water partition coefficient (Wildman–Crippen LogP) is 3.40. The van der Waals surface area contributed by atoms with Crippen molar-refractivity contribution in [1.82, 2.24) is 19.9 Å². The van der Waals surface area contributed by atoms with Crippen LogP contribution >= 0.6 is 0 Å². The van der Waals surface area contributed by atoms with Crippen molar-refractivity contribution in [3.05, 3.63) is 77.7 Å². The topological polar surface area (TPSA) is 110 Å². The van der Waals surface area contributed by atoms with E-state index in [1.54, 1.807) is 16.6 Å². The van der Waals surface area contributed by atoms with Crippen molar-refractivity contribution in [1.29, 1.82) is 5.26 Å². The highest BCUT2D eigenvalue weighted by atomic mass is 19.1. The van der Waals surface area contributed by atoms with Crippen molar-refractivity contribution < 1.29 is 9.50 Å². The number of piperidine rings is 1. The van der Waals surface area contributed by atoms with Crippen LogP contribution in [0.1, 0.15) is 17.5 Å². The zero-order valence-corrected chi connectivity index (χ0v) is 19.1. The number of nitriles is 1. The van der Waals surface area contributed by atoms with Crippen molar-refractivity contribution in [3.8, 4) is 17.2 Å². The summed E-state index contributed by atoms with van der Waals surface area (Å²) in [7, 11) is 0. The molecule has 2 aromatic carbocycles. The lowest BCUT2D eigenvalue weighted by atomic mass is 9.95. The van der Waals surface area contributed by atoms with Crippen LogP contribution in [-0.4, -0.2) is 45.4 Å². The fraction of sp³-hybridized carbons (Fsp3) is 0.269. The number of aliphatic hydroxyl groups is 1. The van der Waals surface area contributed by atoms with Crippen molar-refractivity contribution >= 4 is 17.3 Å². The smallest absolute Gasteiger partial charge is 0.177 e. The van der Waals surface area contributed by atoms with E-state index < -0.39 is 6.10 Å². The number of halogens is 1. The van der Waals surface area contributed by atoms with E-state index in [0.29, 0.717) is 41.5 Å². The van der Waals surface area contributed by atoms with Gasteiger partial charge in [0.25, 0.3) is 0 Å². The van der Waals surface area contributed by atoms with E-state index in [0.717, 1.165) is 24.1 Å². The van der Waals surface area contributed by atoms with Crippen LogP contribution in [0.3, 0.4) is 0 Å². The molecular weight excluding hydrogens is 445 g/mol. The number of aliphatic hydroxyl groups excluding tert-OH is 1. The Morgan fingerprint density at radius 3 is 2.77 bits per heavy atom. The molecular formula is C26H26FN7O. The number of rotatable bonds is 7. The minimum absolute atomic E-state index is 0.100. The number of aromatic nitrogens is 3. The highest BCUT2D eigenvalue weighted by molar-refractivity contribution is 5.65. The molecule has 0 radical (unpaired) electrons. The molecule has 4 N–H and O–H groups in total. The second-order valence-corrected chi connectivity index (χ2v) is 8.66. The number of benzene rings is 2. The number of nitrogens with zero attached hydrogens (tertiary/aromatic N) is 4. The molecule has 9 heteroatoms. The summed E-state index contributed by atoms with van der Waals surface area (Å²) in [4.78, 5) is 4.55. The van der Waals surface area contributed by atoms with E-state index in [9.17, 15) is 14.8 Å². The summed E-state index contributed by atoms with van der Waals surface area (Å²) < 4.78 is 16.4. The Kier molecular flexibility index (Phi) is 6.57. The first-order valence-electron chi connectivity index (χ1n) is 11.6. The van der Waals surface area contributed by atoms with Gasteiger partial charge in [-0.25, -0.2) is 9.37 Å². The van der Waals surface area contributed by atoms with Gasteiger partial charge in [-0.3, -0.25) is 0 Å². The van der Waals surface area contributed by atoms with Crippen LogP contribution < -0.4 is 16.0 Å². The molecule has 5 rings (SSSR count). The van der Waals surface area contributed by atoms with Gasteiger partial charge in [0.15, 0.2) is 5.65 Å². The summed E-state index contributed by atoms with van der Waals surface area (Å²) in [6.07, 6.45) is 1.89. The Balaban J connectivity index is 1.36. The van der Waals surface area contributed by atoms with E-state index in [-0.39, 0.29) is 18.3 Å². The fourth-order valence-corrected chi connectivity index (χ4v) is 4.32. The molecule has 0 amide bonds. The second kappa shape index (κ2) is 10.1. The number of nitrogens with one attached hydrogen (secondary N) is 3. The van der Waals surface area contributed by atoms with E-state index in [2.05, 4.69) is 32.1 Å². The third-order valence-corrected chi connectivity index (χ3v) is 6.35. The third-order valence-electron chi connectivity index (χ3n) is 6.35. The molecule has 4 aromatic rings. The van der Waals surface area contributed by atoms with Gasteiger partial charge in [-0.15, -0.1) is 0 Å². The quantitative estimate of drug-likeness (QED) is 0.327. The van der Waals surface area contributed by atoms with Crippen molar-refractivity contribution in [3.63, 3.8) is 0 Å². The molecule has 2 atom stereocenters. The highest BCUT2D eigenvalue weighted by Crippen LogP contribution is 2.24. The molecule has 1 aliphatic rings. The Hall–Kier alpha value is -4.00. The zero-order valence-electron chi connectivity index (χ0n) is 19.1. The van der Waals surface area contributed by atoms with Gasteiger partial charge in [-0.1, -0.05) is 42.5 Å². The molecule has 8 nitrogen and oxygen atoms in total. The summed E-state index contributed by atoms with van der Waals surface area (Å²) in [5.74, 6) is 0.933. The zero-order chi connectivity index (χ0) is 24.2. The Bertz CT molecular complexity index is 1370. The largest absolute Gasteiger partial charge is 0.391 e. The van der Waals surface area contributed by atoms with Crippen molar-refractivity contribution in [2.45, 2.75) is 19.1 Å². The number of hydrogen-bond acceptors (Lipinski definition) is 7. The standard InChI is InChI=1S/C26H26FN7O/c27-22-10-18(17-4-2-1-3-5-17)6-7-19(22)13-31-25-11-24(30-14-20-8-9-29-16-23(20)35)33-26-21(12-28)15-32-34(25)26/h1-7,10-11,15,20,23,29,31,35H,8-9,13-14,16H2,(H,30,33)/t20-,23+/m1/s1. The molecule has 1 saturated heterocycles. The monoisotopic (exact) mass is 471 g/mol. The van der Waals surface area contributed by atoms with Gasteiger partial charge < -0.3 is 21.1 Å².